The molecule has 1 N–H and O–H groups in total. The van der Waals surface area contributed by atoms with Crippen LogP contribution >= 0.6 is 0 Å². The minimum Gasteiger partial charge on any atom is -0.493 e. The van der Waals surface area contributed by atoms with Crippen LogP contribution in [0.1, 0.15) is 38.2 Å². The van der Waals surface area contributed by atoms with Gasteiger partial charge in [-0.15, -0.1) is 0 Å². The highest BCUT2D eigenvalue weighted by Gasteiger charge is 2.23. The van der Waals surface area contributed by atoms with Gasteiger partial charge < -0.3 is 14.8 Å². The van der Waals surface area contributed by atoms with Crippen LogP contribution in [0.25, 0.3) is 0 Å². The molecular weight excluding hydrogens is 330 g/mol. The molecule has 1 aromatic carbocycles. The van der Waals surface area contributed by atoms with Gasteiger partial charge in [-0.3, -0.25) is 9.69 Å². The number of carbonyl (C=O) groups is 1. The van der Waals surface area contributed by atoms with Gasteiger partial charge in [0.05, 0.1) is 13.2 Å². The van der Waals surface area contributed by atoms with E-state index in [-0.39, 0.29) is 29.5 Å². The summed E-state index contributed by atoms with van der Waals surface area (Å²) in [5.41, 5.74) is 0.849. The predicted octanol–water partition coefficient (Wildman–Crippen LogP) is 3.18. The monoisotopic (exact) mass is 356 g/mol. The lowest BCUT2D eigenvalue weighted by atomic mass is 10.1. The molecule has 1 saturated carbocycles. The third kappa shape index (κ3) is 5.56. The third-order valence-electron chi connectivity index (χ3n) is 4.62. The zero-order chi connectivity index (χ0) is 18.4. The molecule has 1 atom stereocenters. The average Bonchev–Trinajstić information content (AvgIpc) is 3.07. The van der Waals surface area contributed by atoms with E-state index in [1.54, 1.807) is 12.1 Å². The molecule has 25 heavy (non-hydrogen) atoms. The Morgan fingerprint density at radius 2 is 2.00 bits per heavy atom. The van der Waals surface area contributed by atoms with Crippen LogP contribution in [0.3, 0.4) is 0 Å². The standard InChI is InChI=1S/C18H26F2N2O3/c1-12(17(23)21-14-6-4-5-7-14)22(2)11-13-8-9-15(25-18(19)20)16(10-13)24-3/h8-10,12,14,18H,4-7,11H2,1-3H3,(H,21,23). The number of likely N-dealkylation sites (N-methyl/N-ethyl adjacent to an activating group) is 1. The molecule has 0 bridgehead atoms. The first-order valence-corrected chi connectivity index (χ1v) is 8.53. The Hall–Kier alpha value is -1.89. The highest BCUT2D eigenvalue weighted by atomic mass is 19.3. The van der Waals surface area contributed by atoms with E-state index < -0.39 is 6.61 Å². The van der Waals surface area contributed by atoms with Crippen LogP contribution in [0, 0.1) is 0 Å². The number of benzene rings is 1. The quantitative estimate of drug-likeness (QED) is 0.777. The maximum absolute atomic E-state index is 12.4. The minimum absolute atomic E-state index is 0.00377. The van der Waals surface area contributed by atoms with Gasteiger partial charge in [0.1, 0.15) is 0 Å². The first-order valence-electron chi connectivity index (χ1n) is 8.53. The maximum Gasteiger partial charge on any atom is 0.387 e. The number of nitrogens with zero attached hydrogens (tertiary/aromatic N) is 1. The van der Waals surface area contributed by atoms with Crippen molar-refractivity contribution >= 4 is 5.91 Å². The molecule has 0 aromatic heterocycles. The van der Waals surface area contributed by atoms with Crippen LogP contribution in [0.5, 0.6) is 11.5 Å². The number of methoxy groups -OCH3 is 1. The lowest BCUT2D eigenvalue weighted by Crippen LogP contribution is -2.46. The second-order valence-electron chi connectivity index (χ2n) is 6.44. The molecule has 0 heterocycles. The number of amides is 1. The maximum atomic E-state index is 12.4. The molecule has 1 aliphatic rings. The molecule has 0 saturated heterocycles. The van der Waals surface area contributed by atoms with Crippen molar-refractivity contribution in [3.05, 3.63) is 23.8 Å². The Labute approximate surface area is 147 Å². The molecule has 2 rings (SSSR count). The summed E-state index contributed by atoms with van der Waals surface area (Å²) in [6.07, 6.45) is 4.43. The van der Waals surface area contributed by atoms with Gasteiger partial charge in [0, 0.05) is 12.6 Å². The van der Waals surface area contributed by atoms with Crippen molar-refractivity contribution in [2.24, 2.45) is 0 Å². The van der Waals surface area contributed by atoms with Crippen molar-refractivity contribution in [3.63, 3.8) is 0 Å². The lowest BCUT2D eigenvalue weighted by molar-refractivity contribution is -0.126. The first kappa shape index (κ1) is 19.4. The molecule has 1 aromatic rings. The largest absolute Gasteiger partial charge is 0.493 e. The molecule has 1 fully saturated rings. The highest BCUT2D eigenvalue weighted by Crippen LogP contribution is 2.30. The van der Waals surface area contributed by atoms with E-state index in [1.165, 1.54) is 26.0 Å². The molecule has 0 spiro atoms. The van der Waals surface area contributed by atoms with Crippen LogP contribution < -0.4 is 14.8 Å². The van der Waals surface area contributed by atoms with Crippen LogP contribution in [-0.2, 0) is 11.3 Å². The van der Waals surface area contributed by atoms with E-state index in [1.807, 2.05) is 18.9 Å². The second kappa shape index (κ2) is 8.99. The van der Waals surface area contributed by atoms with Crippen molar-refractivity contribution in [1.29, 1.82) is 0 Å². The second-order valence-corrected chi connectivity index (χ2v) is 6.44. The van der Waals surface area contributed by atoms with Gasteiger partial charge in [0.15, 0.2) is 11.5 Å². The van der Waals surface area contributed by atoms with Crippen LogP contribution in [0.15, 0.2) is 18.2 Å². The van der Waals surface area contributed by atoms with Gasteiger partial charge in [-0.2, -0.15) is 8.78 Å². The van der Waals surface area contributed by atoms with Crippen molar-refractivity contribution in [2.75, 3.05) is 14.2 Å². The number of hydrogen-bond acceptors (Lipinski definition) is 4. The SMILES string of the molecule is COc1cc(CN(C)C(C)C(=O)NC2CCCC2)ccc1OC(F)F. The normalized spacial score (nSPS) is 16.3. The molecule has 1 unspecified atom stereocenters. The average molecular weight is 356 g/mol. The van der Waals surface area contributed by atoms with Crippen LogP contribution in [-0.4, -0.2) is 43.7 Å². The Morgan fingerprint density at radius 1 is 1.32 bits per heavy atom. The molecule has 5 nitrogen and oxygen atoms in total. The summed E-state index contributed by atoms with van der Waals surface area (Å²) in [5, 5.41) is 3.09. The summed E-state index contributed by atoms with van der Waals surface area (Å²) in [7, 11) is 3.26. The van der Waals surface area contributed by atoms with Crippen molar-refractivity contribution < 1.29 is 23.0 Å². The van der Waals surface area contributed by atoms with Gasteiger partial charge in [-0.1, -0.05) is 18.9 Å². The van der Waals surface area contributed by atoms with Crippen LogP contribution in [0.4, 0.5) is 8.78 Å². The smallest absolute Gasteiger partial charge is 0.387 e. The van der Waals surface area contributed by atoms with E-state index in [2.05, 4.69) is 10.1 Å². The number of nitrogens with one attached hydrogen (secondary N) is 1. The zero-order valence-electron chi connectivity index (χ0n) is 14.9. The van der Waals surface area contributed by atoms with Gasteiger partial charge in [-0.25, -0.2) is 0 Å². The fourth-order valence-corrected chi connectivity index (χ4v) is 3.02. The Balaban J connectivity index is 1.96. The number of rotatable bonds is 8. The molecule has 7 heteroatoms. The molecule has 1 amide bonds. The fourth-order valence-electron chi connectivity index (χ4n) is 3.02. The van der Waals surface area contributed by atoms with E-state index in [4.69, 9.17) is 4.74 Å². The van der Waals surface area contributed by atoms with Gasteiger partial charge in [0.2, 0.25) is 5.91 Å². The molecule has 1 aliphatic carbocycles. The Bertz CT molecular complexity index is 577. The predicted molar refractivity (Wildman–Crippen MR) is 91.0 cm³/mol. The number of hydrogen-bond donors (Lipinski definition) is 1. The molecule has 0 aliphatic heterocycles. The van der Waals surface area contributed by atoms with Crippen molar-refractivity contribution in [3.8, 4) is 11.5 Å². The van der Waals surface area contributed by atoms with Crippen molar-refractivity contribution in [2.45, 2.75) is 57.8 Å². The summed E-state index contributed by atoms with van der Waals surface area (Å²) >= 11 is 0. The number of halogens is 2. The Kier molecular flexibility index (Phi) is 6.99. The van der Waals surface area contributed by atoms with Gasteiger partial charge in [-0.05, 0) is 44.5 Å². The summed E-state index contributed by atoms with van der Waals surface area (Å²) in [6.45, 7) is -0.554. The number of ether oxygens (including phenoxy) is 2. The fraction of sp³-hybridized carbons (Fsp3) is 0.611. The zero-order valence-corrected chi connectivity index (χ0v) is 14.9. The van der Waals surface area contributed by atoms with Crippen molar-refractivity contribution in [1.82, 2.24) is 10.2 Å². The van der Waals surface area contributed by atoms with E-state index in [0.717, 1.165) is 18.4 Å². The molecular formula is C18H26F2N2O3. The van der Waals surface area contributed by atoms with E-state index in [9.17, 15) is 13.6 Å². The Morgan fingerprint density at radius 3 is 2.60 bits per heavy atom. The van der Waals surface area contributed by atoms with Gasteiger partial charge in [0.25, 0.3) is 0 Å². The van der Waals surface area contributed by atoms with Crippen LogP contribution in [0.2, 0.25) is 0 Å². The number of alkyl halides is 2. The molecule has 0 radical (unpaired) electrons. The number of carbonyl (C=O) groups excluding carboxylic acids is 1. The summed E-state index contributed by atoms with van der Waals surface area (Å²) in [6, 6.07) is 4.80. The first-order chi connectivity index (χ1) is 11.9. The third-order valence-corrected chi connectivity index (χ3v) is 4.62. The van der Waals surface area contributed by atoms with Gasteiger partial charge >= 0.3 is 6.61 Å². The summed E-state index contributed by atoms with van der Waals surface area (Å²) in [4.78, 5) is 14.3. The topological polar surface area (TPSA) is 50.8 Å². The van der Waals surface area contributed by atoms with E-state index >= 15 is 0 Å². The molecule has 140 valence electrons. The highest BCUT2D eigenvalue weighted by molar-refractivity contribution is 5.81. The van der Waals surface area contributed by atoms with E-state index in [0.29, 0.717) is 6.54 Å². The minimum atomic E-state index is -2.90. The summed E-state index contributed by atoms with van der Waals surface area (Å²) in [5.74, 6) is 0.254. The summed E-state index contributed by atoms with van der Waals surface area (Å²) < 4.78 is 34.3. The lowest BCUT2D eigenvalue weighted by Gasteiger charge is -2.25.